The minimum absolute atomic E-state index is 0.0335. The van der Waals surface area contributed by atoms with Crippen molar-refractivity contribution in [3.05, 3.63) is 39.9 Å². The van der Waals surface area contributed by atoms with Crippen molar-refractivity contribution in [3.8, 4) is 28.4 Å². The Bertz CT molecular complexity index is 873. The zero-order valence-corrected chi connectivity index (χ0v) is 17.7. The number of rotatable bonds is 5. The van der Waals surface area contributed by atoms with Crippen molar-refractivity contribution in [1.82, 2.24) is 10.2 Å². The maximum atomic E-state index is 10.5. The van der Waals surface area contributed by atoms with E-state index in [-0.39, 0.29) is 11.8 Å². The van der Waals surface area contributed by atoms with Gasteiger partial charge in [0.25, 0.3) is 0 Å². The van der Waals surface area contributed by atoms with E-state index in [2.05, 4.69) is 10.2 Å². The third-order valence-electron chi connectivity index (χ3n) is 5.31. The number of halogens is 2. The highest BCUT2D eigenvalue weighted by molar-refractivity contribution is 6.38. The fourth-order valence-corrected chi connectivity index (χ4v) is 4.48. The van der Waals surface area contributed by atoms with Crippen LogP contribution in [0.4, 0.5) is 0 Å². The van der Waals surface area contributed by atoms with Crippen molar-refractivity contribution >= 4 is 23.2 Å². The van der Waals surface area contributed by atoms with Crippen molar-refractivity contribution in [2.24, 2.45) is 0 Å². The summed E-state index contributed by atoms with van der Waals surface area (Å²) in [7, 11) is 1.62. The summed E-state index contributed by atoms with van der Waals surface area (Å²) in [5, 5.41) is 14.7. The van der Waals surface area contributed by atoms with E-state index < -0.39 is 0 Å². The normalized spacial score (nSPS) is 19.1. The molecule has 8 heteroatoms. The maximum Gasteiger partial charge on any atom is 0.143 e. The fraction of sp³-hybridized carbons (Fsp3) is 0.429. The number of piperazine rings is 1. The van der Waals surface area contributed by atoms with E-state index in [1.54, 1.807) is 25.3 Å². The molecule has 0 amide bonds. The molecule has 1 saturated heterocycles. The third-order valence-corrected chi connectivity index (χ3v) is 5.99. The van der Waals surface area contributed by atoms with Crippen LogP contribution in [-0.4, -0.2) is 62.6 Å². The van der Waals surface area contributed by atoms with Crippen LogP contribution in [0.15, 0.2) is 24.3 Å². The monoisotopic (exact) mass is 438 g/mol. The van der Waals surface area contributed by atoms with Gasteiger partial charge in [0.05, 0.1) is 28.3 Å². The molecule has 1 fully saturated rings. The first kappa shape index (κ1) is 20.6. The number of nitrogens with one attached hydrogen (secondary N) is 1. The molecule has 4 rings (SSSR count). The summed E-state index contributed by atoms with van der Waals surface area (Å²) >= 11 is 13.3. The van der Waals surface area contributed by atoms with Crippen LogP contribution in [0.3, 0.4) is 0 Å². The van der Waals surface area contributed by atoms with Crippen LogP contribution in [0.1, 0.15) is 5.56 Å². The van der Waals surface area contributed by atoms with Crippen LogP contribution in [0.25, 0.3) is 11.1 Å². The van der Waals surface area contributed by atoms with Crippen LogP contribution in [0.5, 0.6) is 17.2 Å². The summed E-state index contributed by atoms with van der Waals surface area (Å²) < 4.78 is 17.3. The van der Waals surface area contributed by atoms with Gasteiger partial charge in [-0.05, 0) is 18.2 Å². The molecule has 0 aliphatic carbocycles. The van der Waals surface area contributed by atoms with Gasteiger partial charge >= 0.3 is 0 Å². The van der Waals surface area contributed by atoms with Gasteiger partial charge in [0.2, 0.25) is 0 Å². The smallest absolute Gasteiger partial charge is 0.143 e. The number of benzene rings is 2. The second-order valence-corrected chi connectivity index (χ2v) is 7.95. The fourth-order valence-electron chi connectivity index (χ4n) is 3.85. The van der Waals surface area contributed by atoms with Crippen molar-refractivity contribution in [3.63, 3.8) is 0 Å². The number of aromatic hydroxyl groups is 1. The van der Waals surface area contributed by atoms with Gasteiger partial charge in [0.15, 0.2) is 0 Å². The number of methoxy groups -OCH3 is 1. The lowest BCUT2D eigenvalue weighted by molar-refractivity contribution is 0.120. The summed E-state index contributed by atoms with van der Waals surface area (Å²) in [6, 6.07) is 7.20. The number of phenolic OH excluding ortho intramolecular Hbond substituents is 1. The summed E-state index contributed by atoms with van der Waals surface area (Å²) in [6.45, 7) is 4.80. The summed E-state index contributed by atoms with van der Waals surface area (Å²) in [5.41, 5.74) is 1.92. The molecule has 2 heterocycles. The first-order valence-electron chi connectivity index (χ1n) is 9.62. The second-order valence-electron chi connectivity index (χ2n) is 7.17. The number of hydrogen-bond donors (Lipinski definition) is 2. The third kappa shape index (κ3) is 4.13. The average molecular weight is 439 g/mol. The molecule has 29 heavy (non-hydrogen) atoms. The largest absolute Gasteiger partial charge is 0.507 e. The van der Waals surface area contributed by atoms with E-state index in [0.29, 0.717) is 52.5 Å². The van der Waals surface area contributed by atoms with Crippen molar-refractivity contribution in [2.45, 2.75) is 12.6 Å². The first-order valence-corrected chi connectivity index (χ1v) is 10.4. The molecule has 2 aliphatic rings. The number of ether oxygens (including phenoxy) is 3. The molecule has 2 aromatic rings. The molecule has 0 unspecified atom stereocenters. The van der Waals surface area contributed by atoms with Gasteiger partial charge in [0, 0.05) is 44.4 Å². The van der Waals surface area contributed by atoms with Gasteiger partial charge in [-0.1, -0.05) is 29.3 Å². The molecule has 0 spiro atoms. The predicted molar refractivity (Wildman–Crippen MR) is 113 cm³/mol. The zero-order chi connectivity index (χ0) is 20.4. The van der Waals surface area contributed by atoms with E-state index in [1.807, 2.05) is 6.07 Å². The minimum atomic E-state index is 0.0335. The molecule has 0 bridgehead atoms. The number of nitrogens with zero attached hydrogens (tertiary/aromatic N) is 1. The zero-order valence-electron chi connectivity index (χ0n) is 16.2. The Balaban J connectivity index is 1.83. The number of phenols is 1. The lowest BCUT2D eigenvalue weighted by atomic mass is 9.99. The number of fused-ring (bicyclic) bond motifs is 2. The molecule has 2 aliphatic heterocycles. The Morgan fingerprint density at radius 3 is 2.93 bits per heavy atom. The van der Waals surface area contributed by atoms with E-state index in [9.17, 15) is 5.11 Å². The van der Waals surface area contributed by atoms with Crippen LogP contribution in [-0.2, 0) is 11.3 Å². The second kappa shape index (κ2) is 8.98. The van der Waals surface area contributed by atoms with Crippen molar-refractivity contribution in [2.75, 3.05) is 46.6 Å². The molecule has 6 nitrogen and oxygen atoms in total. The quantitative estimate of drug-likeness (QED) is 0.695. The topological polar surface area (TPSA) is 63.2 Å². The molecule has 0 aromatic heterocycles. The maximum absolute atomic E-state index is 10.5. The lowest BCUT2D eigenvalue weighted by Gasteiger charge is -2.33. The Morgan fingerprint density at radius 1 is 1.28 bits per heavy atom. The molecule has 2 N–H and O–H groups in total. The lowest BCUT2D eigenvalue weighted by Crippen LogP contribution is -2.52. The number of hydrogen-bond acceptors (Lipinski definition) is 6. The van der Waals surface area contributed by atoms with E-state index in [0.717, 1.165) is 31.7 Å². The Hall–Kier alpha value is -1.70. The molecule has 2 aromatic carbocycles. The highest BCUT2D eigenvalue weighted by Crippen LogP contribution is 2.50. The van der Waals surface area contributed by atoms with Crippen LogP contribution < -0.4 is 14.8 Å². The van der Waals surface area contributed by atoms with Gasteiger partial charge in [0.1, 0.15) is 30.5 Å². The molecule has 1 atom stereocenters. The van der Waals surface area contributed by atoms with Crippen molar-refractivity contribution in [1.29, 1.82) is 0 Å². The Labute approximate surface area is 180 Å². The summed E-state index contributed by atoms with van der Waals surface area (Å²) in [5.74, 6) is 1.20. The van der Waals surface area contributed by atoms with Gasteiger partial charge in [-0.15, -0.1) is 0 Å². The average Bonchev–Trinajstić information content (AvgIpc) is 2.89. The highest BCUT2D eigenvalue weighted by atomic mass is 35.5. The SMILES string of the molecule is COCCOc1cc2c(c(Cl)c1-c1c(O)cccc1Cl)OC[C@H]1CNCCN1C2. The van der Waals surface area contributed by atoms with Gasteiger partial charge < -0.3 is 24.6 Å². The Kier molecular flexibility index (Phi) is 6.37. The minimum Gasteiger partial charge on any atom is -0.507 e. The molecule has 0 radical (unpaired) electrons. The van der Waals surface area contributed by atoms with Gasteiger partial charge in [-0.2, -0.15) is 0 Å². The van der Waals surface area contributed by atoms with Crippen LogP contribution in [0, 0.1) is 0 Å². The van der Waals surface area contributed by atoms with E-state index in [4.69, 9.17) is 37.4 Å². The van der Waals surface area contributed by atoms with Crippen LogP contribution in [0.2, 0.25) is 10.0 Å². The van der Waals surface area contributed by atoms with E-state index in [1.165, 1.54) is 0 Å². The Morgan fingerprint density at radius 2 is 2.14 bits per heavy atom. The molecular weight excluding hydrogens is 415 g/mol. The molecular formula is C21H24Cl2N2O4. The first-order chi connectivity index (χ1) is 14.1. The van der Waals surface area contributed by atoms with E-state index >= 15 is 0 Å². The predicted octanol–water partition coefficient (Wildman–Crippen LogP) is 3.56. The summed E-state index contributed by atoms with van der Waals surface area (Å²) in [6.07, 6.45) is 0. The molecule has 156 valence electrons. The van der Waals surface area contributed by atoms with Crippen LogP contribution >= 0.6 is 23.2 Å². The summed E-state index contributed by atoms with van der Waals surface area (Å²) in [4.78, 5) is 2.39. The standard InChI is InChI=1S/C21H24Cl2N2O4/c1-27-7-8-28-17-9-13-11-25-6-5-24-10-14(25)12-29-21(13)20(23)19(17)18-15(22)3-2-4-16(18)26/h2-4,9,14,24,26H,5-8,10-12H2,1H3/t14-/m1/s1. The molecule has 0 saturated carbocycles. The highest BCUT2D eigenvalue weighted by Gasteiger charge is 2.31. The van der Waals surface area contributed by atoms with Crippen molar-refractivity contribution < 1.29 is 19.3 Å². The van der Waals surface area contributed by atoms with Gasteiger partial charge in [-0.25, -0.2) is 0 Å². The van der Waals surface area contributed by atoms with Gasteiger partial charge in [-0.3, -0.25) is 4.90 Å².